The van der Waals surface area contributed by atoms with Crippen molar-refractivity contribution in [3.63, 3.8) is 0 Å². The van der Waals surface area contributed by atoms with Crippen molar-refractivity contribution < 1.29 is 14.3 Å². The van der Waals surface area contributed by atoms with Crippen LogP contribution >= 0.6 is 0 Å². The van der Waals surface area contributed by atoms with E-state index in [1.165, 1.54) is 6.08 Å². The van der Waals surface area contributed by atoms with Gasteiger partial charge in [-0.05, 0) is 39.7 Å². The van der Waals surface area contributed by atoms with Crippen molar-refractivity contribution >= 4 is 11.9 Å². The van der Waals surface area contributed by atoms with Gasteiger partial charge in [0.1, 0.15) is 5.60 Å². The second-order valence-electron chi connectivity index (χ2n) is 5.35. The summed E-state index contributed by atoms with van der Waals surface area (Å²) in [4.78, 5) is 24.8. The number of carbonyl (C=O) groups is 2. The topological polar surface area (TPSA) is 46.6 Å². The van der Waals surface area contributed by atoms with Gasteiger partial charge in [0.15, 0.2) is 5.78 Å². The molecule has 1 saturated heterocycles. The van der Waals surface area contributed by atoms with Crippen LogP contribution in [0.5, 0.6) is 0 Å². The molecular weight excluding hydrogens is 218 g/mol. The second-order valence-corrected chi connectivity index (χ2v) is 5.35. The predicted octanol–water partition coefficient (Wildman–Crippen LogP) is 2.39. The van der Waals surface area contributed by atoms with E-state index < -0.39 is 5.60 Å². The third-order valence-electron chi connectivity index (χ3n) is 2.75. The van der Waals surface area contributed by atoms with Gasteiger partial charge in [0.25, 0.3) is 0 Å². The fourth-order valence-electron chi connectivity index (χ4n) is 1.84. The summed E-state index contributed by atoms with van der Waals surface area (Å²) in [5, 5.41) is 0. The molecule has 4 nitrogen and oxygen atoms in total. The Kier molecular flexibility index (Phi) is 4.32. The first-order chi connectivity index (χ1) is 7.83. The Bertz CT molecular complexity index is 309. The van der Waals surface area contributed by atoms with E-state index in [1.54, 1.807) is 4.90 Å². The quantitative estimate of drug-likeness (QED) is 0.695. The lowest BCUT2D eigenvalue weighted by Gasteiger charge is -2.32. The molecule has 1 aliphatic heterocycles. The number of piperidine rings is 1. The van der Waals surface area contributed by atoms with Crippen LogP contribution in [0, 0.1) is 5.92 Å². The summed E-state index contributed by atoms with van der Waals surface area (Å²) >= 11 is 0. The van der Waals surface area contributed by atoms with Crippen molar-refractivity contribution in [1.29, 1.82) is 0 Å². The minimum absolute atomic E-state index is 0.0196. The van der Waals surface area contributed by atoms with E-state index in [0.29, 0.717) is 25.9 Å². The van der Waals surface area contributed by atoms with E-state index in [0.717, 1.165) is 0 Å². The van der Waals surface area contributed by atoms with Gasteiger partial charge < -0.3 is 9.64 Å². The van der Waals surface area contributed by atoms with E-state index in [2.05, 4.69) is 6.58 Å². The summed E-state index contributed by atoms with van der Waals surface area (Å²) in [6.45, 7) is 10.2. The van der Waals surface area contributed by atoms with Crippen molar-refractivity contribution in [2.45, 2.75) is 39.2 Å². The van der Waals surface area contributed by atoms with Gasteiger partial charge in [0.05, 0.1) is 0 Å². The number of ketones is 1. The first-order valence-electron chi connectivity index (χ1n) is 5.97. The second kappa shape index (κ2) is 5.34. The van der Waals surface area contributed by atoms with Crippen LogP contribution in [0.4, 0.5) is 4.79 Å². The average Bonchev–Trinajstić information content (AvgIpc) is 2.26. The number of amides is 1. The van der Waals surface area contributed by atoms with Crippen LogP contribution in [0.15, 0.2) is 12.7 Å². The summed E-state index contributed by atoms with van der Waals surface area (Å²) in [6.07, 6.45) is 2.48. The molecule has 0 radical (unpaired) electrons. The molecule has 0 aromatic rings. The van der Waals surface area contributed by atoms with Gasteiger partial charge in [-0.15, -0.1) is 0 Å². The molecule has 0 spiro atoms. The van der Waals surface area contributed by atoms with E-state index in [4.69, 9.17) is 4.74 Å². The molecule has 1 heterocycles. The molecule has 4 heteroatoms. The Labute approximate surface area is 103 Å². The van der Waals surface area contributed by atoms with Crippen LogP contribution in [0.25, 0.3) is 0 Å². The van der Waals surface area contributed by atoms with Crippen molar-refractivity contribution in [2.24, 2.45) is 5.92 Å². The highest BCUT2D eigenvalue weighted by molar-refractivity contribution is 5.91. The molecule has 0 atom stereocenters. The fourth-order valence-corrected chi connectivity index (χ4v) is 1.84. The van der Waals surface area contributed by atoms with Gasteiger partial charge in [-0.2, -0.15) is 0 Å². The SMILES string of the molecule is C=CC(=O)C1CCN(C(=O)OC(C)(C)C)CC1. The molecule has 17 heavy (non-hydrogen) atoms. The molecule has 1 fully saturated rings. The molecule has 0 aromatic carbocycles. The minimum Gasteiger partial charge on any atom is -0.444 e. The Hall–Kier alpha value is -1.32. The number of hydrogen-bond acceptors (Lipinski definition) is 3. The summed E-state index contributed by atoms with van der Waals surface area (Å²) in [7, 11) is 0. The number of nitrogens with zero attached hydrogens (tertiary/aromatic N) is 1. The van der Waals surface area contributed by atoms with Crippen molar-refractivity contribution in [2.75, 3.05) is 13.1 Å². The molecule has 1 rings (SSSR count). The fraction of sp³-hybridized carbons (Fsp3) is 0.692. The van der Waals surface area contributed by atoms with Crippen molar-refractivity contribution in [3.8, 4) is 0 Å². The van der Waals surface area contributed by atoms with E-state index in [9.17, 15) is 9.59 Å². The number of ether oxygens (including phenoxy) is 1. The Balaban J connectivity index is 2.44. The molecule has 1 amide bonds. The summed E-state index contributed by atoms with van der Waals surface area (Å²) in [5.41, 5.74) is -0.467. The van der Waals surface area contributed by atoms with Gasteiger partial charge in [-0.25, -0.2) is 4.79 Å². The molecule has 96 valence electrons. The van der Waals surface area contributed by atoms with E-state index in [1.807, 2.05) is 20.8 Å². The van der Waals surface area contributed by atoms with Gasteiger partial charge in [0.2, 0.25) is 0 Å². The molecule has 0 N–H and O–H groups in total. The summed E-state index contributed by atoms with van der Waals surface area (Å²) in [5.74, 6) is 0.0972. The summed E-state index contributed by atoms with van der Waals surface area (Å²) in [6, 6.07) is 0. The van der Waals surface area contributed by atoms with Crippen LogP contribution in [0.3, 0.4) is 0 Å². The Morgan fingerprint density at radius 1 is 1.29 bits per heavy atom. The van der Waals surface area contributed by atoms with Crippen LogP contribution in [-0.4, -0.2) is 35.5 Å². The van der Waals surface area contributed by atoms with E-state index in [-0.39, 0.29) is 17.8 Å². The maximum absolute atomic E-state index is 11.8. The molecular formula is C13H21NO3. The van der Waals surface area contributed by atoms with Gasteiger partial charge in [-0.1, -0.05) is 6.58 Å². The third-order valence-corrected chi connectivity index (χ3v) is 2.75. The van der Waals surface area contributed by atoms with Gasteiger partial charge in [0, 0.05) is 19.0 Å². The lowest BCUT2D eigenvalue weighted by atomic mass is 9.93. The van der Waals surface area contributed by atoms with Gasteiger partial charge >= 0.3 is 6.09 Å². The Morgan fingerprint density at radius 3 is 2.24 bits per heavy atom. The number of carbonyl (C=O) groups excluding carboxylic acids is 2. The van der Waals surface area contributed by atoms with Crippen molar-refractivity contribution in [3.05, 3.63) is 12.7 Å². The summed E-state index contributed by atoms with van der Waals surface area (Å²) < 4.78 is 5.28. The molecule has 0 bridgehead atoms. The largest absolute Gasteiger partial charge is 0.444 e. The van der Waals surface area contributed by atoms with E-state index >= 15 is 0 Å². The number of allylic oxidation sites excluding steroid dienone is 1. The highest BCUT2D eigenvalue weighted by atomic mass is 16.6. The minimum atomic E-state index is -0.467. The third kappa shape index (κ3) is 4.21. The standard InChI is InChI=1S/C13H21NO3/c1-5-11(15)10-6-8-14(9-7-10)12(16)17-13(2,3)4/h5,10H,1,6-9H2,2-4H3. The van der Waals surface area contributed by atoms with Crippen LogP contribution in [0.2, 0.25) is 0 Å². The molecule has 0 aliphatic carbocycles. The molecule has 0 saturated carbocycles. The van der Waals surface area contributed by atoms with Crippen LogP contribution in [-0.2, 0) is 9.53 Å². The zero-order valence-corrected chi connectivity index (χ0v) is 10.9. The maximum atomic E-state index is 11.8. The average molecular weight is 239 g/mol. The predicted molar refractivity (Wildman–Crippen MR) is 65.7 cm³/mol. The highest BCUT2D eigenvalue weighted by Crippen LogP contribution is 2.20. The Morgan fingerprint density at radius 2 is 1.82 bits per heavy atom. The van der Waals surface area contributed by atoms with Crippen LogP contribution in [0.1, 0.15) is 33.6 Å². The van der Waals surface area contributed by atoms with Crippen LogP contribution < -0.4 is 0 Å². The number of likely N-dealkylation sites (tertiary alicyclic amines) is 1. The zero-order chi connectivity index (χ0) is 13.1. The lowest BCUT2D eigenvalue weighted by Crippen LogP contribution is -2.42. The first-order valence-corrected chi connectivity index (χ1v) is 5.97. The normalized spacial score (nSPS) is 17.7. The highest BCUT2D eigenvalue weighted by Gasteiger charge is 2.28. The van der Waals surface area contributed by atoms with Crippen molar-refractivity contribution in [1.82, 2.24) is 4.90 Å². The smallest absolute Gasteiger partial charge is 0.410 e. The molecule has 0 aromatic heterocycles. The number of hydrogen-bond donors (Lipinski definition) is 0. The monoisotopic (exact) mass is 239 g/mol. The zero-order valence-electron chi connectivity index (χ0n) is 10.9. The lowest BCUT2D eigenvalue weighted by molar-refractivity contribution is -0.119. The van der Waals surface area contributed by atoms with Gasteiger partial charge in [-0.3, -0.25) is 4.79 Å². The number of rotatable bonds is 2. The first kappa shape index (κ1) is 13.7. The molecule has 0 unspecified atom stereocenters. The molecule has 1 aliphatic rings. The maximum Gasteiger partial charge on any atom is 0.410 e.